The standard InChI is InChI=1S/C21H15Cl2FN6O2/c22-18-19(23)30(11-26-18)14-4-1-12(2-5-14)28-21-25-10-15(24)20(29-21)27-13-3-6-16-17(9-13)32-8-7-31-16/h1-6,9-11H,7-8H2,(H2,25,27,28,29). The van der Waals surface area contributed by atoms with Crippen LogP contribution in [0, 0.1) is 5.82 Å². The molecule has 11 heteroatoms. The smallest absolute Gasteiger partial charge is 0.229 e. The molecular weight excluding hydrogens is 458 g/mol. The Bertz CT molecular complexity index is 1280. The van der Waals surface area contributed by atoms with Crippen LogP contribution in [0.15, 0.2) is 55.0 Å². The first-order chi connectivity index (χ1) is 15.6. The Labute approximate surface area is 192 Å². The summed E-state index contributed by atoms with van der Waals surface area (Å²) in [6.07, 6.45) is 2.63. The lowest BCUT2D eigenvalue weighted by molar-refractivity contribution is 0.171. The average Bonchev–Trinajstić information content (AvgIpc) is 3.15. The van der Waals surface area contributed by atoms with Gasteiger partial charge in [-0.3, -0.25) is 4.57 Å². The summed E-state index contributed by atoms with van der Waals surface area (Å²) < 4.78 is 27.0. The van der Waals surface area contributed by atoms with Crippen molar-refractivity contribution >= 4 is 46.3 Å². The maximum absolute atomic E-state index is 14.3. The van der Waals surface area contributed by atoms with Gasteiger partial charge in [0, 0.05) is 23.1 Å². The van der Waals surface area contributed by atoms with Gasteiger partial charge in [0.2, 0.25) is 5.95 Å². The van der Waals surface area contributed by atoms with Gasteiger partial charge >= 0.3 is 0 Å². The molecular formula is C21H15Cl2FN6O2. The SMILES string of the molecule is Fc1cnc(Nc2ccc(-n3cnc(Cl)c3Cl)cc2)nc1Nc1ccc2c(c1)OCCO2. The Morgan fingerprint density at radius 1 is 0.906 bits per heavy atom. The quantitative estimate of drug-likeness (QED) is 0.403. The summed E-state index contributed by atoms with van der Waals surface area (Å²) in [5.74, 6) is 0.898. The largest absolute Gasteiger partial charge is 0.486 e. The Morgan fingerprint density at radius 3 is 2.41 bits per heavy atom. The Hall–Kier alpha value is -3.56. The van der Waals surface area contributed by atoms with Crippen LogP contribution in [0.1, 0.15) is 0 Å². The summed E-state index contributed by atoms with van der Waals surface area (Å²) in [6.45, 7) is 0.963. The van der Waals surface area contributed by atoms with Gasteiger partial charge in [0.25, 0.3) is 0 Å². The van der Waals surface area contributed by atoms with Gasteiger partial charge in [-0.2, -0.15) is 4.98 Å². The first-order valence-electron chi connectivity index (χ1n) is 9.52. The highest BCUT2D eigenvalue weighted by Crippen LogP contribution is 2.34. The summed E-state index contributed by atoms with van der Waals surface area (Å²) in [5, 5.41) is 6.55. The number of anilines is 4. The van der Waals surface area contributed by atoms with Gasteiger partial charge in [-0.15, -0.1) is 0 Å². The number of fused-ring (bicyclic) bond motifs is 1. The third-order valence-electron chi connectivity index (χ3n) is 4.62. The van der Waals surface area contributed by atoms with E-state index in [9.17, 15) is 4.39 Å². The summed E-state index contributed by atoms with van der Waals surface area (Å²) in [5.41, 5.74) is 2.09. The van der Waals surface area contributed by atoms with E-state index in [0.717, 1.165) is 11.9 Å². The van der Waals surface area contributed by atoms with Crippen molar-refractivity contribution in [3.63, 3.8) is 0 Å². The normalized spacial score (nSPS) is 12.5. The third-order valence-corrected chi connectivity index (χ3v) is 5.35. The molecule has 0 unspecified atom stereocenters. The van der Waals surface area contributed by atoms with Crippen molar-refractivity contribution in [3.8, 4) is 17.2 Å². The topological polar surface area (TPSA) is 86.1 Å². The van der Waals surface area contributed by atoms with Gasteiger partial charge in [-0.05, 0) is 36.4 Å². The van der Waals surface area contributed by atoms with Crippen molar-refractivity contribution in [2.45, 2.75) is 0 Å². The van der Waals surface area contributed by atoms with Gasteiger partial charge in [0.1, 0.15) is 19.5 Å². The van der Waals surface area contributed by atoms with Crippen molar-refractivity contribution in [1.29, 1.82) is 0 Å². The molecule has 0 amide bonds. The highest BCUT2D eigenvalue weighted by Gasteiger charge is 2.14. The Balaban J connectivity index is 1.33. The molecule has 3 heterocycles. The van der Waals surface area contributed by atoms with Crippen molar-refractivity contribution < 1.29 is 13.9 Å². The molecule has 5 rings (SSSR count). The van der Waals surface area contributed by atoms with E-state index in [4.69, 9.17) is 32.7 Å². The summed E-state index contributed by atoms with van der Waals surface area (Å²) in [7, 11) is 0. The zero-order chi connectivity index (χ0) is 22.1. The summed E-state index contributed by atoms with van der Waals surface area (Å²) in [6, 6.07) is 12.5. The number of nitrogens with one attached hydrogen (secondary N) is 2. The van der Waals surface area contributed by atoms with Crippen LogP contribution in [0.4, 0.5) is 27.5 Å². The summed E-state index contributed by atoms with van der Waals surface area (Å²) >= 11 is 12.0. The molecule has 0 saturated carbocycles. The molecule has 4 aromatic rings. The second-order valence-electron chi connectivity index (χ2n) is 6.74. The van der Waals surface area contributed by atoms with Crippen molar-refractivity contribution in [2.75, 3.05) is 23.8 Å². The van der Waals surface area contributed by atoms with Gasteiger partial charge in [0.15, 0.2) is 33.4 Å². The molecule has 0 atom stereocenters. The van der Waals surface area contributed by atoms with Crippen LogP contribution in [-0.2, 0) is 0 Å². The number of nitrogens with zero attached hydrogens (tertiary/aromatic N) is 4. The van der Waals surface area contributed by atoms with Gasteiger partial charge in [0.05, 0.1) is 6.20 Å². The molecule has 0 bridgehead atoms. The maximum atomic E-state index is 14.3. The minimum absolute atomic E-state index is 0.0237. The number of halogens is 3. The first-order valence-corrected chi connectivity index (χ1v) is 10.3. The number of rotatable bonds is 5. The van der Waals surface area contributed by atoms with E-state index in [-0.39, 0.29) is 16.9 Å². The predicted molar refractivity (Wildman–Crippen MR) is 120 cm³/mol. The van der Waals surface area contributed by atoms with E-state index in [1.165, 1.54) is 6.33 Å². The minimum atomic E-state index is -0.590. The number of aromatic nitrogens is 4. The van der Waals surface area contributed by atoms with E-state index < -0.39 is 5.82 Å². The van der Waals surface area contributed by atoms with Crippen LogP contribution < -0.4 is 20.1 Å². The maximum Gasteiger partial charge on any atom is 0.229 e. The van der Waals surface area contributed by atoms with E-state index >= 15 is 0 Å². The molecule has 1 aliphatic rings. The first kappa shape index (κ1) is 20.3. The van der Waals surface area contributed by atoms with Gasteiger partial charge < -0.3 is 20.1 Å². The Kier molecular flexibility index (Phi) is 5.42. The minimum Gasteiger partial charge on any atom is -0.486 e. The second-order valence-corrected chi connectivity index (χ2v) is 7.46. The molecule has 0 saturated heterocycles. The second kappa shape index (κ2) is 8.52. The average molecular weight is 473 g/mol. The molecule has 0 radical (unpaired) electrons. The van der Waals surface area contributed by atoms with E-state index in [0.29, 0.717) is 41.2 Å². The predicted octanol–water partition coefficient (Wildman–Crippen LogP) is 5.37. The summed E-state index contributed by atoms with van der Waals surface area (Å²) in [4.78, 5) is 12.2. The van der Waals surface area contributed by atoms with Crippen molar-refractivity contribution in [3.05, 3.63) is 71.1 Å². The van der Waals surface area contributed by atoms with Crippen LogP contribution in [0.25, 0.3) is 5.69 Å². The fraction of sp³-hybridized carbons (Fsp3) is 0.0952. The number of imidazole rings is 1. The van der Waals surface area contributed by atoms with Gasteiger partial charge in [-0.25, -0.2) is 14.4 Å². The monoisotopic (exact) mass is 472 g/mol. The fourth-order valence-electron chi connectivity index (χ4n) is 3.10. The molecule has 162 valence electrons. The van der Waals surface area contributed by atoms with Gasteiger partial charge in [-0.1, -0.05) is 23.2 Å². The molecule has 2 aromatic carbocycles. The highest BCUT2D eigenvalue weighted by atomic mass is 35.5. The zero-order valence-corrected chi connectivity index (χ0v) is 17.9. The molecule has 2 N–H and O–H groups in total. The van der Waals surface area contributed by atoms with Crippen LogP contribution >= 0.6 is 23.2 Å². The van der Waals surface area contributed by atoms with E-state index in [1.54, 1.807) is 34.9 Å². The number of ether oxygens (including phenoxy) is 2. The van der Waals surface area contributed by atoms with E-state index in [2.05, 4.69) is 25.6 Å². The van der Waals surface area contributed by atoms with Crippen LogP contribution in [0.3, 0.4) is 0 Å². The Morgan fingerprint density at radius 2 is 1.66 bits per heavy atom. The molecule has 0 spiro atoms. The number of hydrogen-bond donors (Lipinski definition) is 2. The zero-order valence-electron chi connectivity index (χ0n) is 16.3. The molecule has 8 nitrogen and oxygen atoms in total. The molecule has 32 heavy (non-hydrogen) atoms. The lowest BCUT2D eigenvalue weighted by atomic mass is 10.2. The molecule has 0 fully saturated rings. The lowest BCUT2D eigenvalue weighted by Gasteiger charge is -2.19. The molecule has 1 aliphatic heterocycles. The van der Waals surface area contributed by atoms with Crippen molar-refractivity contribution in [1.82, 2.24) is 19.5 Å². The molecule has 0 aliphatic carbocycles. The third kappa shape index (κ3) is 4.12. The number of hydrogen-bond acceptors (Lipinski definition) is 7. The van der Waals surface area contributed by atoms with Crippen LogP contribution in [-0.4, -0.2) is 32.7 Å². The lowest BCUT2D eigenvalue weighted by Crippen LogP contribution is -2.15. The highest BCUT2D eigenvalue weighted by molar-refractivity contribution is 6.40. The number of benzene rings is 2. The fourth-order valence-corrected chi connectivity index (χ4v) is 3.42. The molecule has 2 aromatic heterocycles. The van der Waals surface area contributed by atoms with E-state index in [1.807, 2.05) is 12.1 Å². The van der Waals surface area contributed by atoms with Crippen LogP contribution in [0.5, 0.6) is 11.5 Å². The van der Waals surface area contributed by atoms with Crippen molar-refractivity contribution in [2.24, 2.45) is 0 Å². The van der Waals surface area contributed by atoms with Crippen LogP contribution in [0.2, 0.25) is 10.3 Å².